The highest BCUT2D eigenvalue weighted by molar-refractivity contribution is 5.60. The van der Waals surface area contributed by atoms with Crippen molar-refractivity contribution in [3.63, 3.8) is 0 Å². The highest BCUT2D eigenvalue weighted by atomic mass is 15.3. The van der Waals surface area contributed by atoms with Crippen LogP contribution in [0.4, 0.5) is 5.69 Å². The van der Waals surface area contributed by atoms with Crippen molar-refractivity contribution in [2.75, 3.05) is 18.0 Å². The van der Waals surface area contributed by atoms with Crippen LogP contribution in [0.5, 0.6) is 0 Å². The first-order chi connectivity index (χ1) is 9.83. The molecule has 0 aliphatic carbocycles. The summed E-state index contributed by atoms with van der Waals surface area (Å²) in [5.74, 6) is 1.56. The largest absolute Gasteiger partial charge is 0.363 e. The lowest BCUT2D eigenvalue weighted by Gasteiger charge is -2.19. The molecule has 0 saturated carbocycles. The van der Waals surface area contributed by atoms with Gasteiger partial charge in [0.15, 0.2) is 0 Å². The Hall–Kier alpha value is -1.88. The van der Waals surface area contributed by atoms with Gasteiger partial charge in [0.05, 0.1) is 6.54 Å². The van der Waals surface area contributed by atoms with Gasteiger partial charge in [-0.05, 0) is 31.5 Å². The van der Waals surface area contributed by atoms with E-state index in [9.17, 15) is 0 Å². The van der Waals surface area contributed by atoms with E-state index in [1.54, 1.807) is 6.33 Å². The molecule has 0 bridgehead atoms. The van der Waals surface area contributed by atoms with E-state index in [1.165, 1.54) is 11.3 Å². The lowest BCUT2D eigenvalue weighted by Crippen LogP contribution is -2.24. The van der Waals surface area contributed by atoms with Gasteiger partial charge in [0, 0.05) is 24.7 Å². The first kappa shape index (κ1) is 13.1. The fourth-order valence-corrected chi connectivity index (χ4v) is 3.03. The lowest BCUT2D eigenvalue weighted by molar-refractivity contribution is 0.589. The van der Waals surface area contributed by atoms with Crippen molar-refractivity contribution >= 4 is 5.69 Å². The Morgan fingerprint density at radius 3 is 3.00 bits per heavy atom. The zero-order valence-corrected chi connectivity index (χ0v) is 11.9. The maximum absolute atomic E-state index is 5.75. The molecule has 3 rings (SSSR count). The highest BCUT2D eigenvalue weighted by Crippen LogP contribution is 2.38. The Kier molecular flexibility index (Phi) is 3.69. The zero-order valence-electron chi connectivity index (χ0n) is 11.9. The third-order valence-corrected chi connectivity index (χ3v) is 4.00. The normalized spacial score (nSPS) is 17.5. The molecule has 0 radical (unpaired) electrons. The van der Waals surface area contributed by atoms with Crippen molar-refractivity contribution in [1.29, 1.82) is 0 Å². The topological polar surface area (TPSA) is 60.0 Å². The first-order valence-electron chi connectivity index (χ1n) is 7.24. The Bertz CT molecular complexity index is 577. The molecular formula is C15H21N5. The van der Waals surface area contributed by atoms with Crippen molar-refractivity contribution in [2.45, 2.75) is 32.4 Å². The number of hydrogen-bond donors (Lipinski definition) is 1. The van der Waals surface area contributed by atoms with E-state index in [-0.39, 0.29) is 0 Å². The number of aromatic nitrogens is 3. The number of hydrogen-bond acceptors (Lipinski definition) is 4. The molecule has 0 saturated heterocycles. The molecule has 2 N–H and O–H groups in total. The molecule has 106 valence electrons. The Morgan fingerprint density at radius 2 is 2.20 bits per heavy atom. The second-order valence-electron chi connectivity index (χ2n) is 5.21. The third-order valence-electron chi connectivity index (χ3n) is 4.00. The van der Waals surface area contributed by atoms with E-state index in [0.717, 1.165) is 38.4 Å². The zero-order chi connectivity index (χ0) is 13.9. The summed E-state index contributed by atoms with van der Waals surface area (Å²) in [7, 11) is 0. The van der Waals surface area contributed by atoms with Crippen LogP contribution in [-0.4, -0.2) is 27.9 Å². The molecule has 1 aliphatic rings. The molecule has 0 amide bonds. The second-order valence-corrected chi connectivity index (χ2v) is 5.21. The monoisotopic (exact) mass is 271 g/mol. The molecule has 2 aromatic rings. The van der Waals surface area contributed by atoms with Crippen molar-refractivity contribution < 1.29 is 0 Å². The third kappa shape index (κ3) is 2.29. The van der Waals surface area contributed by atoms with Gasteiger partial charge in [0.1, 0.15) is 12.2 Å². The van der Waals surface area contributed by atoms with Crippen LogP contribution >= 0.6 is 0 Å². The van der Waals surface area contributed by atoms with Crippen LogP contribution in [0.3, 0.4) is 0 Å². The van der Waals surface area contributed by atoms with E-state index in [2.05, 4.69) is 46.2 Å². The molecule has 1 aromatic heterocycles. The number of para-hydroxylation sites is 1. The van der Waals surface area contributed by atoms with Crippen LogP contribution in [0.2, 0.25) is 0 Å². The van der Waals surface area contributed by atoms with E-state index in [4.69, 9.17) is 5.73 Å². The summed E-state index contributed by atoms with van der Waals surface area (Å²) in [4.78, 5) is 6.77. The minimum absolute atomic E-state index is 0.536. The quantitative estimate of drug-likeness (QED) is 0.900. The summed E-state index contributed by atoms with van der Waals surface area (Å²) in [6.45, 7) is 5.52. The molecule has 1 aliphatic heterocycles. The molecule has 5 nitrogen and oxygen atoms in total. The number of benzene rings is 1. The van der Waals surface area contributed by atoms with Gasteiger partial charge < -0.3 is 10.6 Å². The number of nitrogens with two attached hydrogens (primary N) is 1. The molecule has 1 aromatic carbocycles. The van der Waals surface area contributed by atoms with Gasteiger partial charge in [0.2, 0.25) is 0 Å². The number of nitrogens with zero attached hydrogens (tertiary/aromatic N) is 4. The molecule has 5 heteroatoms. The van der Waals surface area contributed by atoms with Crippen LogP contribution in [0.15, 0.2) is 30.6 Å². The SMILES string of the molecule is CCn1ncnc1CN1CC(CCN)c2ccccc21. The van der Waals surface area contributed by atoms with Gasteiger partial charge in [0.25, 0.3) is 0 Å². The Morgan fingerprint density at radius 1 is 1.35 bits per heavy atom. The number of fused-ring (bicyclic) bond motifs is 1. The highest BCUT2D eigenvalue weighted by Gasteiger charge is 2.28. The predicted octanol–water partition coefficient (Wildman–Crippen LogP) is 1.75. The van der Waals surface area contributed by atoms with Crippen LogP contribution in [-0.2, 0) is 13.1 Å². The Balaban J connectivity index is 1.85. The average molecular weight is 271 g/mol. The van der Waals surface area contributed by atoms with Gasteiger partial charge in [-0.2, -0.15) is 5.10 Å². The van der Waals surface area contributed by atoms with Crippen molar-refractivity contribution in [3.8, 4) is 0 Å². The predicted molar refractivity (Wildman–Crippen MR) is 79.6 cm³/mol. The number of aryl methyl sites for hydroxylation is 1. The summed E-state index contributed by atoms with van der Waals surface area (Å²) in [6.07, 6.45) is 2.67. The minimum Gasteiger partial charge on any atom is -0.363 e. The van der Waals surface area contributed by atoms with Crippen molar-refractivity contribution in [3.05, 3.63) is 42.0 Å². The first-order valence-corrected chi connectivity index (χ1v) is 7.24. The molecule has 20 heavy (non-hydrogen) atoms. The smallest absolute Gasteiger partial charge is 0.146 e. The summed E-state index contributed by atoms with van der Waals surface area (Å²) in [5, 5.41) is 4.25. The lowest BCUT2D eigenvalue weighted by atomic mass is 9.98. The van der Waals surface area contributed by atoms with Crippen LogP contribution in [0, 0.1) is 0 Å². The number of anilines is 1. The van der Waals surface area contributed by atoms with Gasteiger partial charge in [-0.1, -0.05) is 18.2 Å². The average Bonchev–Trinajstić information content (AvgIpc) is 3.06. The summed E-state index contributed by atoms with van der Waals surface area (Å²) >= 11 is 0. The van der Waals surface area contributed by atoms with Crippen LogP contribution in [0.1, 0.15) is 30.7 Å². The summed E-state index contributed by atoms with van der Waals surface area (Å²) < 4.78 is 1.96. The standard InChI is InChI=1S/C15H21N5/c1-2-20-15(17-11-18-20)10-19-9-12(7-8-16)13-5-3-4-6-14(13)19/h3-6,11-12H,2,7-10,16H2,1H3. The van der Waals surface area contributed by atoms with E-state index >= 15 is 0 Å². The minimum atomic E-state index is 0.536. The fraction of sp³-hybridized carbons (Fsp3) is 0.467. The molecule has 1 atom stereocenters. The Labute approximate surface area is 119 Å². The second kappa shape index (κ2) is 5.63. The number of rotatable bonds is 5. The molecule has 0 fully saturated rings. The van der Waals surface area contributed by atoms with Crippen molar-refractivity contribution in [1.82, 2.24) is 14.8 Å². The maximum Gasteiger partial charge on any atom is 0.146 e. The fourth-order valence-electron chi connectivity index (χ4n) is 3.03. The maximum atomic E-state index is 5.75. The van der Waals surface area contributed by atoms with Crippen LogP contribution < -0.4 is 10.6 Å². The molecule has 0 spiro atoms. The van der Waals surface area contributed by atoms with Gasteiger partial charge in [-0.15, -0.1) is 0 Å². The van der Waals surface area contributed by atoms with Crippen LogP contribution in [0.25, 0.3) is 0 Å². The molecular weight excluding hydrogens is 250 g/mol. The van der Waals surface area contributed by atoms with Gasteiger partial charge in [-0.3, -0.25) is 0 Å². The van der Waals surface area contributed by atoms with E-state index in [0.29, 0.717) is 5.92 Å². The van der Waals surface area contributed by atoms with E-state index in [1.807, 2.05) is 4.68 Å². The molecule has 1 unspecified atom stereocenters. The summed E-state index contributed by atoms with van der Waals surface area (Å²) in [5.41, 5.74) is 8.48. The van der Waals surface area contributed by atoms with Crippen molar-refractivity contribution in [2.24, 2.45) is 5.73 Å². The molecule has 2 heterocycles. The van der Waals surface area contributed by atoms with Gasteiger partial charge >= 0.3 is 0 Å². The summed E-state index contributed by atoms with van der Waals surface area (Å²) in [6, 6.07) is 8.63. The van der Waals surface area contributed by atoms with E-state index < -0.39 is 0 Å². The van der Waals surface area contributed by atoms with Gasteiger partial charge in [-0.25, -0.2) is 9.67 Å².